The molecule has 2 aromatic rings. The van der Waals surface area contributed by atoms with E-state index in [2.05, 4.69) is 20.5 Å². The van der Waals surface area contributed by atoms with Crippen molar-refractivity contribution in [1.29, 1.82) is 0 Å². The van der Waals surface area contributed by atoms with Crippen molar-refractivity contribution in [1.82, 2.24) is 20.0 Å². The molecule has 10 heteroatoms. The van der Waals surface area contributed by atoms with Crippen molar-refractivity contribution in [2.45, 2.75) is 16.3 Å². The summed E-state index contributed by atoms with van der Waals surface area (Å²) < 4.78 is 2.45. The van der Waals surface area contributed by atoms with Crippen molar-refractivity contribution in [3.05, 3.63) is 11.3 Å². The molecule has 0 aliphatic carbocycles. The Kier molecular flexibility index (Phi) is 4.14. The minimum atomic E-state index is 0.0375. The average Bonchev–Trinajstić information content (AvgIpc) is 2.95. The average molecular weight is 313 g/mol. The number of nitrogens with two attached hydrogens (primary N) is 1. The number of hydrogen-bond donors (Lipinski definition) is 2. The van der Waals surface area contributed by atoms with E-state index in [9.17, 15) is 0 Å². The van der Waals surface area contributed by atoms with E-state index in [0.29, 0.717) is 11.3 Å². The second-order valence-electron chi connectivity index (χ2n) is 4.22. The van der Waals surface area contributed by atoms with Gasteiger partial charge in [0.25, 0.3) is 0 Å². The zero-order valence-corrected chi connectivity index (χ0v) is 13.2. The van der Waals surface area contributed by atoms with Gasteiger partial charge < -0.3 is 15.8 Å². The fourth-order valence-electron chi connectivity index (χ4n) is 1.61. The molecule has 8 nitrogen and oxygen atoms in total. The number of oxime groups is 1. The van der Waals surface area contributed by atoms with Crippen molar-refractivity contribution >= 4 is 34.1 Å². The third kappa shape index (κ3) is 2.70. The molecule has 0 saturated heterocycles. The lowest BCUT2D eigenvalue weighted by Gasteiger charge is -2.04. The Morgan fingerprint density at radius 3 is 2.70 bits per heavy atom. The smallest absolute Gasteiger partial charge is 0.208 e. The van der Waals surface area contributed by atoms with Gasteiger partial charge in [-0.2, -0.15) is 5.10 Å². The molecule has 0 radical (unpaired) electrons. The summed E-state index contributed by atoms with van der Waals surface area (Å²) in [6, 6.07) is 0. The Morgan fingerprint density at radius 1 is 1.45 bits per heavy atom. The third-order valence-corrected chi connectivity index (χ3v) is 4.80. The molecule has 3 N–H and O–H groups in total. The number of anilines is 1. The maximum Gasteiger partial charge on any atom is 0.208 e. The third-order valence-electron chi connectivity index (χ3n) is 2.50. The van der Waals surface area contributed by atoms with Gasteiger partial charge in [0.1, 0.15) is 5.03 Å². The van der Waals surface area contributed by atoms with Gasteiger partial charge in [-0.1, -0.05) is 16.5 Å². The molecule has 0 aromatic carbocycles. The first-order valence-electron chi connectivity index (χ1n) is 5.64. The largest absolute Gasteiger partial charge is 0.409 e. The monoisotopic (exact) mass is 313 g/mol. The maximum atomic E-state index is 8.87. The van der Waals surface area contributed by atoms with Gasteiger partial charge in [0.2, 0.25) is 5.13 Å². The molecule has 0 fully saturated rings. The van der Waals surface area contributed by atoms with Crippen LogP contribution in [0, 0.1) is 6.92 Å². The van der Waals surface area contributed by atoms with Crippen LogP contribution in [0.5, 0.6) is 0 Å². The van der Waals surface area contributed by atoms with Gasteiger partial charge in [-0.3, -0.25) is 4.68 Å². The Hall–Kier alpha value is -1.81. The summed E-state index contributed by atoms with van der Waals surface area (Å²) in [5, 5.41) is 26.0. The molecular weight excluding hydrogens is 298 g/mol. The van der Waals surface area contributed by atoms with E-state index in [1.165, 1.54) is 23.1 Å². The lowest BCUT2D eigenvalue weighted by atomic mass is 10.2. The molecule has 2 heterocycles. The van der Waals surface area contributed by atoms with Gasteiger partial charge in [-0.05, 0) is 18.7 Å². The molecule has 0 unspecified atom stereocenters. The molecule has 20 heavy (non-hydrogen) atoms. The molecule has 2 rings (SSSR count). The van der Waals surface area contributed by atoms with Crippen LogP contribution in [0.2, 0.25) is 0 Å². The van der Waals surface area contributed by atoms with Crippen molar-refractivity contribution in [2.75, 3.05) is 19.0 Å². The van der Waals surface area contributed by atoms with Crippen LogP contribution in [-0.2, 0) is 7.05 Å². The minimum absolute atomic E-state index is 0.0375. The summed E-state index contributed by atoms with van der Waals surface area (Å²) in [4.78, 5) is 1.89. The molecule has 108 valence electrons. The highest BCUT2D eigenvalue weighted by Crippen LogP contribution is 2.35. The standard InChI is InChI=1S/C10H15N7OS2/c1-5-6(7(11)15-18)8(17(4)14-5)19-10-13-12-9(20-10)16(2)3/h18H,1-4H3,(H2,11,15). The van der Waals surface area contributed by atoms with Crippen LogP contribution in [0.15, 0.2) is 14.5 Å². The highest BCUT2D eigenvalue weighted by molar-refractivity contribution is 8.01. The van der Waals surface area contributed by atoms with Crippen LogP contribution in [-0.4, -0.2) is 45.1 Å². The minimum Gasteiger partial charge on any atom is -0.409 e. The molecule has 0 aliphatic rings. The SMILES string of the molecule is Cc1nn(C)c(Sc2nnc(N(C)C)s2)c1C(N)=NO. The normalized spacial score (nSPS) is 11.9. The predicted octanol–water partition coefficient (Wildman–Crippen LogP) is 0.892. The van der Waals surface area contributed by atoms with Gasteiger partial charge in [0.15, 0.2) is 10.2 Å². The number of aryl methyl sites for hydroxylation is 2. The van der Waals surface area contributed by atoms with Crippen molar-refractivity contribution in [3.63, 3.8) is 0 Å². The Labute approximate surface area is 124 Å². The summed E-state index contributed by atoms with van der Waals surface area (Å²) in [5.74, 6) is 0.0375. The number of nitrogens with zero attached hydrogens (tertiary/aromatic N) is 6. The van der Waals surface area contributed by atoms with Crippen LogP contribution in [0.1, 0.15) is 11.3 Å². The molecule has 2 aromatic heterocycles. The molecule has 0 spiro atoms. The molecule has 0 atom stereocenters. The highest BCUT2D eigenvalue weighted by Gasteiger charge is 2.20. The van der Waals surface area contributed by atoms with Gasteiger partial charge in [-0.25, -0.2) is 0 Å². The number of amidine groups is 1. The van der Waals surface area contributed by atoms with E-state index in [1.54, 1.807) is 11.7 Å². The highest BCUT2D eigenvalue weighted by atomic mass is 32.2. The Balaban J connectivity index is 2.37. The molecule has 0 amide bonds. The number of rotatable bonds is 4. The van der Waals surface area contributed by atoms with Crippen LogP contribution >= 0.6 is 23.1 Å². The van der Waals surface area contributed by atoms with E-state index in [-0.39, 0.29) is 5.84 Å². The second-order valence-corrected chi connectivity index (χ2v) is 6.41. The second kappa shape index (κ2) is 5.67. The van der Waals surface area contributed by atoms with E-state index in [4.69, 9.17) is 10.9 Å². The zero-order valence-electron chi connectivity index (χ0n) is 11.5. The molecular formula is C10H15N7OS2. The van der Waals surface area contributed by atoms with E-state index < -0.39 is 0 Å². The summed E-state index contributed by atoms with van der Waals surface area (Å²) in [7, 11) is 5.62. The van der Waals surface area contributed by atoms with Crippen molar-refractivity contribution < 1.29 is 5.21 Å². The molecule has 0 saturated carbocycles. The van der Waals surface area contributed by atoms with Gasteiger partial charge in [-0.15, -0.1) is 10.2 Å². The first-order chi connectivity index (χ1) is 9.43. The lowest BCUT2D eigenvalue weighted by Crippen LogP contribution is -2.14. The lowest BCUT2D eigenvalue weighted by molar-refractivity contribution is 0.318. The summed E-state index contributed by atoms with van der Waals surface area (Å²) in [5.41, 5.74) is 7.02. The maximum absolute atomic E-state index is 8.87. The van der Waals surface area contributed by atoms with E-state index in [1.807, 2.05) is 25.9 Å². The fraction of sp³-hybridized carbons (Fsp3) is 0.400. The Bertz CT molecular complexity index is 646. The van der Waals surface area contributed by atoms with Crippen LogP contribution in [0.4, 0.5) is 5.13 Å². The predicted molar refractivity (Wildman–Crippen MR) is 78.8 cm³/mol. The number of hydrogen-bond acceptors (Lipinski definition) is 8. The molecule has 0 bridgehead atoms. The van der Waals surface area contributed by atoms with Crippen molar-refractivity contribution in [2.24, 2.45) is 17.9 Å². The first kappa shape index (κ1) is 14.6. The van der Waals surface area contributed by atoms with E-state index in [0.717, 1.165) is 14.5 Å². The fourth-order valence-corrected chi connectivity index (χ4v) is 3.51. The van der Waals surface area contributed by atoms with Crippen LogP contribution in [0.25, 0.3) is 0 Å². The number of aromatic nitrogens is 4. The quantitative estimate of drug-likeness (QED) is 0.374. The Morgan fingerprint density at radius 2 is 2.15 bits per heavy atom. The van der Waals surface area contributed by atoms with E-state index >= 15 is 0 Å². The first-order valence-corrected chi connectivity index (χ1v) is 7.27. The summed E-state index contributed by atoms with van der Waals surface area (Å²) in [6.45, 7) is 1.81. The molecule has 0 aliphatic heterocycles. The van der Waals surface area contributed by atoms with Crippen LogP contribution < -0.4 is 10.6 Å². The zero-order chi connectivity index (χ0) is 14.9. The van der Waals surface area contributed by atoms with Gasteiger partial charge in [0.05, 0.1) is 11.3 Å². The van der Waals surface area contributed by atoms with Crippen molar-refractivity contribution in [3.8, 4) is 0 Å². The van der Waals surface area contributed by atoms with Crippen LogP contribution in [0.3, 0.4) is 0 Å². The van der Waals surface area contributed by atoms with Gasteiger partial charge in [0, 0.05) is 21.1 Å². The topological polar surface area (TPSA) is 105 Å². The summed E-state index contributed by atoms with van der Waals surface area (Å²) in [6.07, 6.45) is 0. The van der Waals surface area contributed by atoms with Gasteiger partial charge >= 0.3 is 0 Å². The summed E-state index contributed by atoms with van der Waals surface area (Å²) >= 11 is 2.85.